The average molecular weight is 126 g/mol. The van der Waals surface area contributed by atoms with Crippen molar-refractivity contribution < 1.29 is 5.11 Å². The van der Waals surface area contributed by atoms with Crippen molar-refractivity contribution in [1.29, 1.82) is 0 Å². The highest BCUT2D eigenvalue weighted by atomic mass is 16.2. The van der Waals surface area contributed by atoms with Crippen LogP contribution in [-0.4, -0.2) is 11.7 Å². The fourth-order valence-corrected chi connectivity index (χ4v) is 0.743. The molecule has 1 heteroatoms. The Kier molecular flexibility index (Phi) is 5.35. The molecule has 0 saturated heterocycles. The van der Waals surface area contributed by atoms with E-state index in [2.05, 4.69) is 12.8 Å². The third kappa shape index (κ3) is 5.39. The van der Waals surface area contributed by atoms with Crippen LogP contribution in [0.1, 0.15) is 26.2 Å². The molecule has 0 radical (unpaired) electrons. The maximum Gasteiger partial charge on any atom is 0.0431 e. The van der Waals surface area contributed by atoms with Crippen LogP contribution in [0.4, 0.5) is 0 Å². The van der Waals surface area contributed by atoms with E-state index >= 15 is 0 Å². The zero-order valence-corrected chi connectivity index (χ0v) is 5.93. The zero-order valence-electron chi connectivity index (χ0n) is 5.93. The number of rotatable bonds is 4. The lowest BCUT2D eigenvalue weighted by molar-refractivity contribution is 0.274. The molecule has 0 saturated carbocycles. The summed E-state index contributed by atoms with van der Waals surface area (Å²) in [7, 11) is 0. The number of hydrogen-bond acceptors (Lipinski definition) is 1. The Morgan fingerprint density at radius 3 is 2.78 bits per heavy atom. The predicted octanol–water partition coefficient (Wildman–Crippen LogP) is 1.42. The normalized spacial score (nSPS) is 12.6. The van der Waals surface area contributed by atoms with Gasteiger partial charge >= 0.3 is 0 Å². The van der Waals surface area contributed by atoms with Crippen molar-refractivity contribution in [2.24, 2.45) is 5.92 Å². The molecule has 0 aromatic rings. The van der Waals surface area contributed by atoms with Crippen LogP contribution >= 0.6 is 0 Å². The topological polar surface area (TPSA) is 20.2 Å². The lowest BCUT2D eigenvalue weighted by Crippen LogP contribution is -1.94. The summed E-state index contributed by atoms with van der Waals surface area (Å²) >= 11 is 0. The Labute approximate surface area is 57.1 Å². The van der Waals surface area contributed by atoms with Crippen molar-refractivity contribution in [1.82, 2.24) is 0 Å². The van der Waals surface area contributed by atoms with Gasteiger partial charge in [-0.05, 0) is 18.8 Å². The molecule has 9 heavy (non-hydrogen) atoms. The molecule has 52 valence electrons. The van der Waals surface area contributed by atoms with Crippen LogP contribution in [0.5, 0.6) is 0 Å². The lowest BCUT2D eigenvalue weighted by atomic mass is 10.0. The number of hydrogen-bond donors (Lipinski definition) is 1. The number of aliphatic hydroxyl groups excluding tert-OH is 1. The summed E-state index contributed by atoms with van der Waals surface area (Å²) in [5.41, 5.74) is 0. The summed E-state index contributed by atoms with van der Waals surface area (Å²) in [5.74, 6) is 3.17. The van der Waals surface area contributed by atoms with Gasteiger partial charge in [0.05, 0.1) is 0 Å². The van der Waals surface area contributed by atoms with Crippen molar-refractivity contribution in [3.05, 3.63) is 0 Å². The molecule has 0 heterocycles. The minimum Gasteiger partial charge on any atom is -0.396 e. The summed E-state index contributed by atoms with van der Waals surface area (Å²) < 4.78 is 0. The van der Waals surface area contributed by atoms with Gasteiger partial charge in [-0.25, -0.2) is 0 Å². The summed E-state index contributed by atoms with van der Waals surface area (Å²) in [6.45, 7) is 2.39. The largest absolute Gasteiger partial charge is 0.396 e. The highest BCUT2D eigenvalue weighted by Crippen LogP contribution is 2.07. The minimum atomic E-state index is 0.287. The van der Waals surface area contributed by atoms with E-state index in [0.29, 0.717) is 5.92 Å². The second-order valence-electron chi connectivity index (χ2n) is 2.38. The first kappa shape index (κ1) is 8.52. The molecule has 0 aliphatic carbocycles. The molecule has 0 spiro atoms. The van der Waals surface area contributed by atoms with Gasteiger partial charge in [0, 0.05) is 13.0 Å². The summed E-state index contributed by atoms with van der Waals surface area (Å²) in [6, 6.07) is 0. The Morgan fingerprint density at radius 2 is 2.33 bits per heavy atom. The Hall–Kier alpha value is -0.480. The molecule has 0 aromatic heterocycles. The Morgan fingerprint density at radius 1 is 1.67 bits per heavy atom. The third-order valence-corrected chi connectivity index (χ3v) is 1.32. The standard InChI is InChI=1S/C8H14O/c1-3-5-8(2)6-4-7-9/h1,8-9H,4-7H2,2H3/t8-/m0/s1. The van der Waals surface area contributed by atoms with Gasteiger partial charge < -0.3 is 5.11 Å². The summed E-state index contributed by atoms with van der Waals surface area (Å²) in [4.78, 5) is 0. The molecule has 0 fully saturated rings. The second kappa shape index (κ2) is 5.65. The minimum absolute atomic E-state index is 0.287. The molecule has 1 nitrogen and oxygen atoms in total. The monoisotopic (exact) mass is 126 g/mol. The fraction of sp³-hybridized carbons (Fsp3) is 0.750. The van der Waals surface area contributed by atoms with Gasteiger partial charge in [-0.1, -0.05) is 6.92 Å². The average Bonchev–Trinajstić information content (AvgIpc) is 1.85. The van der Waals surface area contributed by atoms with Crippen LogP contribution in [0, 0.1) is 18.3 Å². The predicted molar refractivity (Wildman–Crippen MR) is 38.9 cm³/mol. The maximum absolute atomic E-state index is 8.43. The Bertz CT molecular complexity index is 91.2. The first-order chi connectivity index (χ1) is 4.31. The highest BCUT2D eigenvalue weighted by Gasteiger charge is 1.97. The van der Waals surface area contributed by atoms with Crippen molar-refractivity contribution in [2.75, 3.05) is 6.61 Å². The van der Waals surface area contributed by atoms with E-state index in [9.17, 15) is 0 Å². The van der Waals surface area contributed by atoms with Crippen molar-refractivity contribution in [3.8, 4) is 12.3 Å². The van der Waals surface area contributed by atoms with E-state index in [1.165, 1.54) is 0 Å². The van der Waals surface area contributed by atoms with E-state index in [4.69, 9.17) is 11.5 Å². The molecule has 0 aliphatic rings. The van der Waals surface area contributed by atoms with Crippen LogP contribution in [0.2, 0.25) is 0 Å². The molecular formula is C8H14O. The van der Waals surface area contributed by atoms with E-state index in [-0.39, 0.29) is 6.61 Å². The zero-order chi connectivity index (χ0) is 7.11. The number of terminal acetylenes is 1. The quantitative estimate of drug-likeness (QED) is 0.565. The third-order valence-electron chi connectivity index (χ3n) is 1.32. The van der Waals surface area contributed by atoms with Crippen molar-refractivity contribution >= 4 is 0 Å². The molecule has 0 aromatic carbocycles. The van der Waals surface area contributed by atoms with Crippen LogP contribution in [0.25, 0.3) is 0 Å². The molecular weight excluding hydrogens is 112 g/mol. The molecule has 0 unspecified atom stereocenters. The molecule has 1 atom stereocenters. The van der Waals surface area contributed by atoms with Crippen LogP contribution in [0.15, 0.2) is 0 Å². The molecule has 1 N–H and O–H groups in total. The van der Waals surface area contributed by atoms with Gasteiger partial charge in [-0.3, -0.25) is 0 Å². The first-order valence-corrected chi connectivity index (χ1v) is 3.35. The van der Waals surface area contributed by atoms with Gasteiger partial charge in [-0.15, -0.1) is 12.3 Å². The van der Waals surface area contributed by atoms with Crippen LogP contribution in [-0.2, 0) is 0 Å². The lowest BCUT2D eigenvalue weighted by Gasteiger charge is -2.03. The van der Waals surface area contributed by atoms with E-state index in [1.807, 2.05) is 0 Å². The van der Waals surface area contributed by atoms with Gasteiger partial charge in [0.2, 0.25) is 0 Å². The van der Waals surface area contributed by atoms with Crippen LogP contribution < -0.4 is 0 Å². The highest BCUT2D eigenvalue weighted by molar-refractivity contribution is 4.85. The summed E-state index contributed by atoms with van der Waals surface area (Å²) in [6.07, 6.45) is 7.84. The van der Waals surface area contributed by atoms with E-state index < -0.39 is 0 Å². The fourth-order valence-electron chi connectivity index (χ4n) is 0.743. The smallest absolute Gasteiger partial charge is 0.0431 e. The first-order valence-electron chi connectivity index (χ1n) is 3.35. The molecule has 0 aliphatic heterocycles. The Balaban J connectivity index is 3.08. The van der Waals surface area contributed by atoms with E-state index in [0.717, 1.165) is 19.3 Å². The second-order valence-corrected chi connectivity index (χ2v) is 2.38. The van der Waals surface area contributed by atoms with Gasteiger partial charge in [0.15, 0.2) is 0 Å². The van der Waals surface area contributed by atoms with Gasteiger partial charge in [-0.2, -0.15) is 0 Å². The van der Waals surface area contributed by atoms with Gasteiger partial charge in [0.25, 0.3) is 0 Å². The van der Waals surface area contributed by atoms with E-state index in [1.54, 1.807) is 0 Å². The SMILES string of the molecule is C#CC[C@H](C)CCCO. The molecule has 0 bridgehead atoms. The number of aliphatic hydroxyl groups is 1. The molecule has 0 amide bonds. The molecule has 0 rings (SSSR count). The van der Waals surface area contributed by atoms with Crippen LogP contribution in [0.3, 0.4) is 0 Å². The van der Waals surface area contributed by atoms with Crippen molar-refractivity contribution in [3.63, 3.8) is 0 Å². The maximum atomic E-state index is 8.43. The van der Waals surface area contributed by atoms with Gasteiger partial charge in [0.1, 0.15) is 0 Å². The van der Waals surface area contributed by atoms with Crippen molar-refractivity contribution in [2.45, 2.75) is 26.2 Å². The summed E-state index contributed by atoms with van der Waals surface area (Å²) in [5, 5.41) is 8.43.